The van der Waals surface area contributed by atoms with Crippen LogP contribution in [0.15, 0.2) is 67.3 Å². The topological polar surface area (TPSA) is 46.0 Å². The van der Waals surface area contributed by atoms with Gasteiger partial charge in [-0.15, -0.1) is 0 Å². The van der Waals surface area contributed by atoms with E-state index in [-0.39, 0.29) is 12.1 Å². The molecule has 0 amide bonds. The highest BCUT2D eigenvalue weighted by molar-refractivity contribution is 7.80. The highest BCUT2D eigenvalue weighted by atomic mass is 32.1. The Bertz CT molecular complexity index is 981. The van der Waals surface area contributed by atoms with Crippen LogP contribution in [0.1, 0.15) is 61.1 Å². The van der Waals surface area contributed by atoms with Crippen LogP contribution in [0.2, 0.25) is 0 Å². The zero-order chi connectivity index (χ0) is 20.3. The normalized spacial score (nSPS) is 22.3. The lowest BCUT2D eigenvalue weighted by molar-refractivity contribution is 0.191. The smallest absolute Gasteiger partial charge is 0.170 e. The van der Waals surface area contributed by atoms with Gasteiger partial charge in [0.25, 0.3) is 0 Å². The number of rotatable bonds is 5. The SMILES string of the molecule is S=C1N[C@@H](c2ccccn2)[C@H](c2cccn2Cc2cccnc2)N1C1CCCCC1. The van der Waals surface area contributed by atoms with E-state index >= 15 is 0 Å². The van der Waals surface area contributed by atoms with Gasteiger partial charge >= 0.3 is 0 Å². The van der Waals surface area contributed by atoms with Gasteiger partial charge in [-0.05, 0) is 61.0 Å². The zero-order valence-corrected chi connectivity index (χ0v) is 17.8. The molecular formula is C24H27N5S. The van der Waals surface area contributed by atoms with Crippen molar-refractivity contribution in [2.24, 2.45) is 0 Å². The van der Waals surface area contributed by atoms with Crippen molar-refractivity contribution in [3.05, 3.63) is 84.2 Å². The molecule has 0 radical (unpaired) electrons. The third-order valence-corrected chi connectivity index (χ3v) is 6.68. The van der Waals surface area contributed by atoms with Crippen molar-refractivity contribution in [2.75, 3.05) is 0 Å². The van der Waals surface area contributed by atoms with Crippen molar-refractivity contribution >= 4 is 17.3 Å². The molecular weight excluding hydrogens is 390 g/mol. The second kappa shape index (κ2) is 8.56. The van der Waals surface area contributed by atoms with Gasteiger partial charge in [0.1, 0.15) is 0 Å². The number of thiocarbonyl (C=S) groups is 1. The Balaban J connectivity index is 1.54. The molecule has 0 spiro atoms. The number of aromatic nitrogens is 3. The summed E-state index contributed by atoms with van der Waals surface area (Å²) in [7, 11) is 0. The molecule has 1 aliphatic heterocycles. The predicted octanol–water partition coefficient (Wildman–Crippen LogP) is 4.63. The fourth-order valence-electron chi connectivity index (χ4n) is 4.96. The van der Waals surface area contributed by atoms with Gasteiger partial charge in [-0.2, -0.15) is 0 Å². The van der Waals surface area contributed by atoms with Crippen molar-refractivity contribution in [3.8, 4) is 0 Å². The molecule has 2 fully saturated rings. The first-order chi connectivity index (χ1) is 14.8. The third kappa shape index (κ3) is 3.72. The Morgan fingerprint density at radius 2 is 1.90 bits per heavy atom. The lowest BCUT2D eigenvalue weighted by atomic mass is 9.92. The van der Waals surface area contributed by atoms with Crippen molar-refractivity contribution < 1.29 is 0 Å². The molecule has 30 heavy (non-hydrogen) atoms. The van der Waals surface area contributed by atoms with Gasteiger partial charge in [-0.3, -0.25) is 9.97 Å². The fourth-order valence-corrected chi connectivity index (χ4v) is 5.35. The molecule has 3 aromatic heterocycles. The molecule has 0 unspecified atom stereocenters. The second-order valence-corrected chi connectivity index (χ2v) is 8.63. The molecule has 1 N–H and O–H groups in total. The van der Waals surface area contributed by atoms with E-state index in [1.165, 1.54) is 43.4 Å². The average molecular weight is 418 g/mol. The molecule has 1 saturated heterocycles. The molecule has 2 aliphatic rings. The summed E-state index contributed by atoms with van der Waals surface area (Å²) < 4.78 is 2.34. The van der Waals surface area contributed by atoms with Crippen LogP contribution >= 0.6 is 12.2 Å². The summed E-state index contributed by atoms with van der Waals surface area (Å²) in [4.78, 5) is 11.4. The minimum Gasteiger partial charge on any atom is -0.352 e. The molecule has 5 rings (SSSR count). The maximum Gasteiger partial charge on any atom is 0.170 e. The van der Waals surface area contributed by atoms with Gasteiger partial charge in [0, 0.05) is 43.1 Å². The molecule has 4 heterocycles. The molecule has 1 aliphatic carbocycles. The first-order valence-electron chi connectivity index (χ1n) is 10.8. The Morgan fingerprint density at radius 3 is 2.67 bits per heavy atom. The largest absolute Gasteiger partial charge is 0.352 e. The molecule has 0 aromatic carbocycles. The fraction of sp³-hybridized carbons (Fsp3) is 0.375. The van der Waals surface area contributed by atoms with Gasteiger partial charge in [0.2, 0.25) is 0 Å². The minimum absolute atomic E-state index is 0.0446. The lowest BCUT2D eigenvalue weighted by Gasteiger charge is -2.37. The van der Waals surface area contributed by atoms with E-state index < -0.39 is 0 Å². The van der Waals surface area contributed by atoms with E-state index in [0.717, 1.165) is 17.4 Å². The van der Waals surface area contributed by atoms with Crippen LogP contribution in [0, 0.1) is 0 Å². The number of hydrogen-bond donors (Lipinski definition) is 1. The van der Waals surface area contributed by atoms with Crippen LogP contribution in [0.25, 0.3) is 0 Å². The summed E-state index contributed by atoms with van der Waals surface area (Å²) >= 11 is 5.89. The molecule has 3 aromatic rings. The summed E-state index contributed by atoms with van der Waals surface area (Å²) in [6.07, 6.45) is 14.1. The van der Waals surface area contributed by atoms with E-state index in [1.807, 2.05) is 30.7 Å². The van der Waals surface area contributed by atoms with Crippen LogP contribution in [0.4, 0.5) is 0 Å². The second-order valence-electron chi connectivity index (χ2n) is 8.25. The van der Waals surface area contributed by atoms with E-state index in [9.17, 15) is 0 Å². The van der Waals surface area contributed by atoms with Crippen molar-refractivity contribution in [1.29, 1.82) is 0 Å². The lowest BCUT2D eigenvalue weighted by Crippen LogP contribution is -2.40. The van der Waals surface area contributed by atoms with Gasteiger partial charge in [-0.1, -0.05) is 31.4 Å². The summed E-state index contributed by atoms with van der Waals surface area (Å²) in [5.74, 6) is 0. The number of pyridine rings is 2. The summed E-state index contributed by atoms with van der Waals surface area (Å²) in [5, 5.41) is 4.47. The monoisotopic (exact) mass is 417 g/mol. The van der Waals surface area contributed by atoms with E-state index in [0.29, 0.717) is 6.04 Å². The third-order valence-electron chi connectivity index (χ3n) is 6.35. The molecule has 5 nitrogen and oxygen atoms in total. The summed E-state index contributed by atoms with van der Waals surface area (Å²) in [6.45, 7) is 0.798. The average Bonchev–Trinajstić information content (AvgIpc) is 3.39. The Hall–Kier alpha value is -2.73. The Kier molecular flexibility index (Phi) is 5.49. The van der Waals surface area contributed by atoms with Crippen LogP contribution in [0.3, 0.4) is 0 Å². The maximum absolute atomic E-state index is 5.89. The van der Waals surface area contributed by atoms with E-state index in [2.05, 4.69) is 61.3 Å². The van der Waals surface area contributed by atoms with E-state index in [4.69, 9.17) is 12.2 Å². The van der Waals surface area contributed by atoms with Crippen LogP contribution < -0.4 is 5.32 Å². The molecule has 2 atom stereocenters. The van der Waals surface area contributed by atoms with Crippen LogP contribution in [-0.2, 0) is 6.54 Å². The maximum atomic E-state index is 5.89. The van der Waals surface area contributed by atoms with Gasteiger partial charge < -0.3 is 14.8 Å². The first-order valence-corrected chi connectivity index (χ1v) is 11.3. The quantitative estimate of drug-likeness (QED) is 0.613. The Labute approximate surface area is 183 Å². The van der Waals surface area contributed by atoms with E-state index in [1.54, 1.807) is 0 Å². The highest BCUT2D eigenvalue weighted by Crippen LogP contribution is 2.42. The molecule has 6 heteroatoms. The zero-order valence-electron chi connectivity index (χ0n) is 17.0. The first kappa shape index (κ1) is 19.2. The minimum atomic E-state index is 0.0446. The summed E-state index contributed by atoms with van der Waals surface area (Å²) in [5.41, 5.74) is 3.51. The van der Waals surface area contributed by atoms with Crippen LogP contribution in [-0.4, -0.2) is 30.6 Å². The van der Waals surface area contributed by atoms with Crippen molar-refractivity contribution in [2.45, 2.75) is 56.8 Å². The van der Waals surface area contributed by atoms with Crippen molar-refractivity contribution in [3.63, 3.8) is 0 Å². The Morgan fingerprint density at radius 1 is 1.00 bits per heavy atom. The number of hydrogen-bond acceptors (Lipinski definition) is 3. The van der Waals surface area contributed by atoms with Crippen molar-refractivity contribution in [1.82, 2.24) is 24.8 Å². The number of nitrogens with zero attached hydrogens (tertiary/aromatic N) is 4. The highest BCUT2D eigenvalue weighted by Gasteiger charge is 2.44. The van der Waals surface area contributed by atoms with Gasteiger partial charge in [0.05, 0.1) is 17.8 Å². The van der Waals surface area contributed by atoms with Gasteiger partial charge in [0.15, 0.2) is 5.11 Å². The van der Waals surface area contributed by atoms with Gasteiger partial charge in [-0.25, -0.2) is 0 Å². The molecule has 1 saturated carbocycles. The number of nitrogens with one attached hydrogen (secondary N) is 1. The molecule has 0 bridgehead atoms. The van der Waals surface area contributed by atoms with Crippen LogP contribution in [0.5, 0.6) is 0 Å². The standard InChI is InChI=1S/C24H27N5S/c30-24-27-22(20-11-4-5-14-26-20)23(29(24)19-9-2-1-3-10-19)21-12-7-15-28(21)17-18-8-6-13-25-16-18/h4-8,11-16,19,22-23H,1-3,9-10,17H2,(H,27,30)/t22-,23-/m0/s1. The summed E-state index contributed by atoms with van der Waals surface area (Å²) in [6, 6.07) is 15.3. The predicted molar refractivity (Wildman–Crippen MR) is 122 cm³/mol. The molecule has 154 valence electrons.